The van der Waals surface area contributed by atoms with Gasteiger partial charge in [-0.15, -0.1) is 0 Å². The van der Waals surface area contributed by atoms with Crippen molar-refractivity contribution >= 4 is 16.8 Å². The second-order valence-electron chi connectivity index (χ2n) is 12.5. The molecule has 4 saturated carbocycles. The summed E-state index contributed by atoms with van der Waals surface area (Å²) in [6, 6.07) is 4.37. The molecule has 4 fully saturated rings. The van der Waals surface area contributed by atoms with Gasteiger partial charge in [-0.05, 0) is 112 Å². The van der Waals surface area contributed by atoms with Gasteiger partial charge in [0.1, 0.15) is 23.4 Å². The average molecular weight is 498 g/mol. The van der Waals surface area contributed by atoms with E-state index in [9.17, 15) is 14.3 Å². The molecule has 0 radical (unpaired) electrons. The highest BCUT2D eigenvalue weighted by atomic mass is 19.1. The minimum atomic E-state index is -0.644. The van der Waals surface area contributed by atoms with Crippen LogP contribution in [0.15, 0.2) is 18.2 Å². The zero-order valence-electron chi connectivity index (χ0n) is 21.7. The number of hydrogen-bond donors (Lipinski definition) is 1. The number of aromatic nitrogens is 3. The predicted octanol–water partition coefficient (Wildman–Crippen LogP) is 5.18. The molecule has 0 amide bonds. The van der Waals surface area contributed by atoms with Gasteiger partial charge in [-0.1, -0.05) is 6.92 Å². The molecular weight excluding hydrogens is 457 g/mol. The van der Waals surface area contributed by atoms with Crippen LogP contribution in [-0.4, -0.2) is 44.7 Å². The van der Waals surface area contributed by atoms with Gasteiger partial charge in [0, 0.05) is 18.6 Å². The van der Waals surface area contributed by atoms with E-state index in [4.69, 9.17) is 4.74 Å². The number of nitrogens with zero attached hydrogens (tertiary/aromatic N) is 3. The number of carbonyl (C=O) groups is 1. The molecule has 1 aromatic carbocycles. The molecule has 0 saturated heterocycles. The Balaban J connectivity index is 1.14. The Bertz CT molecular complexity index is 1140. The van der Waals surface area contributed by atoms with Crippen LogP contribution in [0, 0.1) is 46.7 Å². The zero-order valence-corrected chi connectivity index (χ0v) is 21.7. The van der Waals surface area contributed by atoms with Gasteiger partial charge in [-0.25, -0.2) is 4.39 Å². The van der Waals surface area contributed by atoms with Gasteiger partial charge in [0.25, 0.3) is 0 Å². The highest BCUT2D eigenvalue weighted by Crippen LogP contribution is 2.64. The number of ether oxygens (including phenoxy) is 1. The van der Waals surface area contributed by atoms with Gasteiger partial charge in [0.05, 0.1) is 12.2 Å². The molecule has 6 rings (SSSR count). The van der Waals surface area contributed by atoms with Crippen molar-refractivity contribution in [2.45, 2.75) is 83.8 Å². The molecule has 0 spiro atoms. The van der Waals surface area contributed by atoms with Crippen LogP contribution in [-0.2, 0) is 16.1 Å². The largest absolute Gasteiger partial charge is 0.387 e. The molecule has 0 aliphatic heterocycles. The van der Waals surface area contributed by atoms with E-state index < -0.39 is 5.60 Å². The normalized spacial score (nSPS) is 40.0. The van der Waals surface area contributed by atoms with Gasteiger partial charge < -0.3 is 9.84 Å². The number of fused-ring (bicyclic) bond motifs is 6. The monoisotopic (exact) mass is 497 g/mol. The maximum absolute atomic E-state index is 13.6. The van der Waals surface area contributed by atoms with E-state index in [1.165, 1.54) is 36.2 Å². The first-order valence-electron chi connectivity index (χ1n) is 14.1. The quantitative estimate of drug-likeness (QED) is 0.595. The molecular formula is C29H40FN3O3. The van der Waals surface area contributed by atoms with E-state index in [0.717, 1.165) is 44.4 Å². The summed E-state index contributed by atoms with van der Waals surface area (Å²) >= 11 is 0. The lowest BCUT2D eigenvalue weighted by Gasteiger charge is -2.57. The lowest BCUT2D eigenvalue weighted by Crippen LogP contribution is -2.52. The maximum Gasteiger partial charge on any atom is 0.159 e. The van der Waals surface area contributed by atoms with Crippen LogP contribution in [0.5, 0.6) is 0 Å². The van der Waals surface area contributed by atoms with Gasteiger partial charge in [0.15, 0.2) is 5.78 Å². The highest BCUT2D eigenvalue weighted by molar-refractivity contribution is 5.82. The summed E-state index contributed by atoms with van der Waals surface area (Å²) in [6.07, 6.45) is 9.70. The van der Waals surface area contributed by atoms with E-state index in [-0.39, 0.29) is 29.5 Å². The molecule has 2 aromatic rings. The number of Topliss-reactive ketones (excluding diaryl/α,β-unsaturated/α-hetero) is 1. The Morgan fingerprint density at radius 1 is 1.08 bits per heavy atom. The fourth-order valence-electron chi connectivity index (χ4n) is 9.17. The molecule has 1 N–H and O–H groups in total. The van der Waals surface area contributed by atoms with Crippen molar-refractivity contribution in [2.24, 2.45) is 40.9 Å². The van der Waals surface area contributed by atoms with Crippen molar-refractivity contribution in [2.75, 3.05) is 13.2 Å². The lowest BCUT2D eigenvalue weighted by molar-refractivity contribution is -0.138. The van der Waals surface area contributed by atoms with Gasteiger partial charge in [0.2, 0.25) is 0 Å². The van der Waals surface area contributed by atoms with Crippen molar-refractivity contribution in [1.29, 1.82) is 0 Å². The molecule has 1 heterocycles. The zero-order chi connectivity index (χ0) is 25.1. The number of benzene rings is 1. The van der Waals surface area contributed by atoms with Crippen LogP contribution in [0.25, 0.3) is 11.0 Å². The maximum atomic E-state index is 13.6. The first kappa shape index (κ1) is 24.5. The van der Waals surface area contributed by atoms with Crippen LogP contribution in [0.2, 0.25) is 0 Å². The van der Waals surface area contributed by atoms with E-state index >= 15 is 0 Å². The predicted molar refractivity (Wildman–Crippen MR) is 135 cm³/mol. The third-order valence-electron chi connectivity index (χ3n) is 10.7. The standard InChI is InChI=1S/C29H40FN3O3/c1-3-36-17-29(35)13-11-20-18(15-29)4-6-22-21(20)10-12-28(2)23(22)7-8-24(28)27(34)16-33-31-25-9-5-19(30)14-26(25)32-33/h5,9,14,18,20-24,35H,3-4,6-8,10-13,15-17H2,1-2H3/t18?,20-,21+,22+,23-,24+,28-,29+/m0/s1. The molecule has 196 valence electrons. The topological polar surface area (TPSA) is 77.2 Å². The molecule has 4 aliphatic carbocycles. The summed E-state index contributed by atoms with van der Waals surface area (Å²) in [5.41, 5.74) is 0.525. The van der Waals surface area contributed by atoms with E-state index in [1.54, 1.807) is 6.07 Å². The van der Waals surface area contributed by atoms with E-state index in [0.29, 0.717) is 47.9 Å². The first-order valence-corrected chi connectivity index (χ1v) is 14.1. The van der Waals surface area contributed by atoms with Crippen molar-refractivity contribution in [3.05, 3.63) is 24.0 Å². The summed E-state index contributed by atoms with van der Waals surface area (Å²) in [4.78, 5) is 15.0. The van der Waals surface area contributed by atoms with Crippen molar-refractivity contribution in [3.8, 4) is 0 Å². The number of rotatable bonds is 6. The fraction of sp³-hybridized carbons (Fsp3) is 0.759. The molecule has 6 nitrogen and oxygen atoms in total. The van der Waals surface area contributed by atoms with Crippen LogP contribution in [0.1, 0.15) is 71.6 Å². The second-order valence-corrected chi connectivity index (χ2v) is 12.5. The number of carbonyl (C=O) groups excluding carboxylic acids is 1. The Labute approximate surface area is 213 Å². The SMILES string of the molecule is CCOC[C@@]1(O)CC[C@H]2C(CC[C@@H]3[C@@H]2CC[C@]2(C)[C@@H](C(=O)Cn4nc5ccc(F)cc5n4)CC[C@@H]32)C1. The molecule has 7 heteroatoms. The first-order chi connectivity index (χ1) is 17.3. The number of halogens is 1. The average Bonchev–Trinajstić information content (AvgIpc) is 3.41. The molecule has 0 bridgehead atoms. The summed E-state index contributed by atoms with van der Waals surface area (Å²) in [5.74, 6) is 3.31. The van der Waals surface area contributed by atoms with E-state index in [2.05, 4.69) is 17.1 Å². The number of aliphatic hydroxyl groups is 1. The van der Waals surface area contributed by atoms with Gasteiger partial charge in [-0.3, -0.25) is 4.79 Å². The molecule has 4 aliphatic rings. The summed E-state index contributed by atoms with van der Waals surface area (Å²) in [6.45, 7) is 5.67. The van der Waals surface area contributed by atoms with Crippen molar-refractivity contribution in [3.63, 3.8) is 0 Å². The van der Waals surface area contributed by atoms with Crippen molar-refractivity contribution < 1.29 is 19.0 Å². The van der Waals surface area contributed by atoms with Crippen molar-refractivity contribution in [1.82, 2.24) is 15.0 Å². The van der Waals surface area contributed by atoms with Crippen LogP contribution in [0.4, 0.5) is 4.39 Å². The lowest BCUT2D eigenvalue weighted by atomic mass is 9.49. The van der Waals surface area contributed by atoms with Gasteiger partial charge in [-0.2, -0.15) is 15.0 Å². The Morgan fingerprint density at radius 3 is 2.72 bits per heavy atom. The minimum Gasteiger partial charge on any atom is -0.387 e. The Kier molecular flexibility index (Phi) is 6.23. The number of hydrogen-bond acceptors (Lipinski definition) is 5. The van der Waals surface area contributed by atoms with Gasteiger partial charge >= 0.3 is 0 Å². The fourth-order valence-corrected chi connectivity index (χ4v) is 9.17. The summed E-state index contributed by atoms with van der Waals surface area (Å²) in [7, 11) is 0. The second kappa shape index (κ2) is 9.16. The molecule has 36 heavy (non-hydrogen) atoms. The Morgan fingerprint density at radius 2 is 1.89 bits per heavy atom. The molecule has 1 unspecified atom stereocenters. The van der Waals surface area contributed by atoms with Crippen LogP contribution >= 0.6 is 0 Å². The molecule has 1 aromatic heterocycles. The van der Waals surface area contributed by atoms with Crippen LogP contribution < -0.4 is 0 Å². The Hall–Kier alpha value is -1.86. The smallest absolute Gasteiger partial charge is 0.159 e. The third-order valence-corrected chi connectivity index (χ3v) is 10.7. The highest BCUT2D eigenvalue weighted by Gasteiger charge is 2.59. The summed E-state index contributed by atoms with van der Waals surface area (Å²) in [5, 5.41) is 19.9. The minimum absolute atomic E-state index is 0.0497. The molecule has 8 atom stereocenters. The van der Waals surface area contributed by atoms with E-state index in [1.807, 2.05) is 6.92 Å². The summed E-state index contributed by atoms with van der Waals surface area (Å²) < 4.78 is 19.2. The number of ketones is 1. The van der Waals surface area contributed by atoms with Crippen LogP contribution in [0.3, 0.4) is 0 Å². The third kappa shape index (κ3) is 4.10.